The van der Waals surface area contributed by atoms with E-state index in [1.54, 1.807) is 0 Å². The number of hydrogen-bond acceptors (Lipinski definition) is 5. The van der Waals surface area contributed by atoms with Crippen molar-refractivity contribution in [2.24, 2.45) is 10.8 Å². The second-order valence-electron chi connectivity index (χ2n) is 13.5. The van der Waals surface area contributed by atoms with Crippen molar-refractivity contribution in [3.8, 4) is 5.75 Å². The molecule has 0 spiro atoms. The number of carbonyl (C=O) groups excluding carboxylic acids is 3. The molecule has 41 heavy (non-hydrogen) atoms. The van der Waals surface area contributed by atoms with Gasteiger partial charge in [-0.1, -0.05) is 57.5 Å². The van der Waals surface area contributed by atoms with Crippen LogP contribution >= 0.6 is 0 Å². The van der Waals surface area contributed by atoms with Gasteiger partial charge in [-0.15, -0.1) is 0 Å². The maximum Gasteiger partial charge on any atom is 0.262 e. The number of nitrogens with one attached hydrogen (secondary N) is 1. The minimum absolute atomic E-state index is 0.118. The Labute approximate surface area is 243 Å². The first-order chi connectivity index (χ1) is 19.3. The van der Waals surface area contributed by atoms with E-state index in [1.165, 1.54) is 0 Å². The normalized spacial score (nSPS) is 20.1. The number of hydrogen-bond donors (Lipinski definition) is 1. The fourth-order valence-electron chi connectivity index (χ4n) is 6.81. The summed E-state index contributed by atoms with van der Waals surface area (Å²) in [5.74, 6) is 0.214. The van der Waals surface area contributed by atoms with Crippen LogP contribution in [0.15, 0.2) is 65.0 Å². The van der Waals surface area contributed by atoms with Crippen LogP contribution < -0.4 is 10.1 Å². The van der Waals surface area contributed by atoms with E-state index in [4.69, 9.17) is 4.74 Å². The molecule has 0 saturated carbocycles. The van der Waals surface area contributed by atoms with Crippen LogP contribution in [0, 0.1) is 24.7 Å². The lowest BCUT2D eigenvalue weighted by molar-refractivity contribution is -0.120. The van der Waals surface area contributed by atoms with Crippen LogP contribution in [-0.4, -0.2) is 35.5 Å². The lowest BCUT2D eigenvalue weighted by atomic mass is 9.63. The van der Waals surface area contributed by atoms with Crippen molar-refractivity contribution in [3.05, 3.63) is 81.7 Å². The van der Waals surface area contributed by atoms with Crippen molar-refractivity contribution >= 4 is 23.2 Å². The minimum atomic E-state index is -0.378. The molecule has 2 aliphatic carbocycles. The predicted molar refractivity (Wildman–Crippen MR) is 162 cm³/mol. The molecule has 1 amide bonds. The van der Waals surface area contributed by atoms with Crippen molar-refractivity contribution in [1.29, 1.82) is 0 Å². The van der Waals surface area contributed by atoms with E-state index in [0.717, 1.165) is 64.3 Å². The summed E-state index contributed by atoms with van der Waals surface area (Å²) in [5, 5.41) is 2.91. The van der Waals surface area contributed by atoms with E-state index < -0.39 is 0 Å². The fraction of sp³-hybridized carbons (Fsp3) is 0.457. The number of carbonyl (C=O) groups is 3. The van der Waals surface area contributed by atoms with Crippen molar-refractivity contribution in [3.63, 3.8) is 0 Å². The monoisotopic (exact) mass is 554 g/mol. The summed E-state index contributed by atoms with van der Waals surface area (Å²) in [7, 11) is 0. The minimum Gasteiger partial charge on any atom is -0.484 e. The van der Waals surface area contributed by atoms with Gasteiger partial charge in [0.15, 0.2) is 18.2 Å². The quantitative estimate of drug-likeness (QED) is 0.415. The molecule has 1 heterocycles. The van der Waals surface area contributed by atoms with E-state index in [-0.39, 0.29) is 40.8 Å². The number of ketones is 2. The van der Waals surface area contributed by atoms with Crippen LogP contribution in [0.3, 0.4) is 0 Å². The highest BCUT2D eigenvalue weighted by molar-refractivity contribution is 6.06. The Morgan fingerprint density at radius 1 is 0.878 bits per heavy atom. The summed E-state index contributed by atoms with van der Waals surface area (Å²) < 4.78 is 5.81. The van der Waals surface area contributed by atoms with Gasteiger partial charge >= 0.3 is 0 Å². The summed E-state index contributed by atoms with van der Waals surface area (Å²) in [6.07, 6.45) is 2.55. The molecule has 0 bridgehead atoms. The van der Waals surface area contributed by atoms with Crippen LogP contribution in [0.2, 0.25) is 0 Å². The number of amides is 1. The Hall–Kier alpha value is -3.67. The molecule has 0 aromatic heterocycles. The Morgan fingerprint density at radius 2 is 1.44 bits per heavy atom. The molecule has 0 radical (unpaired) electrons. The molecular formula is C35H42N2O4. The van der Waals surface area contributed by atoms with Gasteiger partial charge in [-0.25, -0.2) is 0 Å². The average Bonchev–Trinajstić information content (AvgIpc) is 2.87. The molecule has 6 nitrogen and oxygen atoms in total. The predicted octanol–water partition coefficient (Wildman–Crippen LogP) is 7.03. The van der Waals surface area contributed by atoms with Gasteiger partial charge in [-0.3, -0.25) is 14.4 Å². The molecule has 0 fully saturated rings. The van der Waals surface area contributed by atoms with Gasteiger partial charge in [0.1, 0.15) is 5.75 Å². The van der Waals surface area contributed by atoms with E-state index in [0.29, 0.717) is 18.6 Å². The first-order valence-electron chi connectivity index (χ1n) is 14.7. The number of rotatable bonds is 6. The molecule has 2 aromatic carbocycles. The first-order valence-corrected chi connectivity index (χ1v) is 14.7. The third-order valence-corrected chi connectivity index (χ3v) is 8.58. The van der Waals surface area contributed by atoms with E-state index >= 15 is 0 Å². The molecule has 0 atom stereocenters. The Bertz CT molecular complexity index is 1420. The van der Waals surface area contributed by atoms with Gasteiger partial charge in [0.25, 0.3) is 5.91 Å². The number of anilines is 1. The zero-order chi connectivity index (χ0) is 29.7. The molecule has 5 rings (SSSR count). The summed E-state index contributed by atoms with van der Waals surface area (Å²) in [6.45, 7) is 15.3. The molecule has 1 aliphatic heterocycles. The van der Waals surface area contributed by atoms with Gasteiger partial charge in [0.2, 0.25) is 0 Å². The SMILES string of the molecule is CCN1C2=C(C(=O)CC(C)(C)C2)C(c2ccc(OCC(=O)Nc3ccc(C)cc3C)cc2)C2=C1CC(C)(C)CC2=O. The molecule has 1 N–H and O–H groups in total. The molecule has 3 aliphatic rings. The molecular weight excluding hydrogens is 512 g/mol. The molecule has 0 unspecified atom stereocenters. The van der Waals surface area contributed by atoms with Crippen molar-refractivity contribution in [1.82, 2.24) is 4.90 Å². The number of nitrogens with zero attached hydrogens (tertiary/aromatic N) is 1. The largest absolute Gasteiger partial charge is 0.484 e. The Morgan fingerprint density at radius 3 is 1.95 bits per heavy atom. The highest BCUT2D eigenvalue weighted by Gasteiger charge is 2.48. The smallest absolute Gasteiger partial charge is 0.262 e. The van der Waals surface area contributed by atoms with Crippen LogP contribution in [0.1, 0.15) is 82.9 Å². The topological polar surface area (TPSA) is 75.7 Å². The van der Waals surface area contributed by atoms with E-state index in [1.807, 2.05) is 56.3 Å². The highest BCUT2D eigenvalue weighted by atomic mass is 16.5. The zero-order valence-corrected chi connectivity index (χ0v) is 25.4. The lowest BCUT2D eigenvalue weighted by Crippen LogP contribution is -2.44. The Balaban J connectivity index is 1.43. The van der Waals surface area contributed by atoms with Gasteiger partial charge in [0, 0.05) is 53.5 Å². The third kappa shape index (κ3) is 5.74. The second kappa shape index (κ2) is 10.6. The first kappa shape index (κ1) is 28.8. The fourth-order valence-corrected chi connectivity index (χ4v) is 6.81. The third-order valence-electron chi connectivity index (χ3n) is 8.58. The van der Waals surface area contributed by atoms with E-state index in [2.05, 4.69) is 44.8 Å². The van der Waals surface area contributed by atoms with Crippen LogP contribution in [0.4, 0.5) is 5.69 Å². The highest BCUT2D eigenvalue weighted by Crippen LogP contribution is 2.54. The van der Waals surface area contributed by atoms with Gasteiger partial charge < -0.3 is 15.0 Å². The zero-order valence-electron chi connectivity index (χ0n) is 25.4. The molecule has 2 aromatic rings. The maximum atomic E-state index is 13.7. The molecule has 0 saturated heterocycles. The number of aryl methyl sites for hydroxylation is 2. The van der Waals surface area contributed by atoms with Crippen molar-refractivity contribution in [2.75, 3.05) is 18.5 Å². The number of Topliss-reactive ketones (excluding diaryl/α,β-unsaturated/α-hetero) is 2. The summed E-state index contributed by atoms with van der Waals surface area (Å²) in [5.41, 5.74) is 7.27. The van der Waals surface area contributed by atoms with Crippen LogP contribution in [0.5, 0.6) is 5.75 Å². The van der Waals surface area contributed by atoms with Crippen molar-refractivity contribution in [2.45, 2.75) is 80.1 Å². The van der Waals surface area contributed by atoms with E-state index in [9.17, 15) is 14.4 Å². The lowest BCUT2D eigenvalue weighted by Gasteiger charge is -2.48. The number of allylic oxidation sites excluding steroid dienone is 4. The van der Waals surface area contributed by atoms with Crippen LogP contribution in [-0.2, 0) is 14.4 Å². The van der Waals surface area contributed by atoms with Crippen molar-refractivity contribution < 1.29 is 19.1 Å². The summed E-state index contributed by atoms with van der Waals surface area (Å²) >= 11 is 0. The maximum absolute atomic E-state index is 13.7. The van der Waals surface area contributed by atoms with Gasteiger partial charge in [0.05, 0.1) is 0 Å². The Kier molecular flexibility index (Phi) is 7.47. The average molecular weight is 555 g/mol. The summed E-state index contributed by atoms with van der Waals surface area (Å²) in [4.78, 5) is 42.3. The van der Waals surface area contributed by atoms with Gasteiger partial charge in [-0.2, -0.15) is 0 Å². The molecule has 6 heteroatoms. The standard InChI is InChI=1S/C35H42N2O4/c1-8-37-26-16-34(4,5)18-28(38)32(26)31(33-27(37)17-35(6,7)19-29(33)39)23-10-12-24(13-11-23)41-20-30(40)36-25-14-9-21(2)15-22(25)3/h9-15,31H,8,16-20H2,1-7H3,(H,36,40). The van der Waals surface area contributed by atoms with Gasteiger partial charge in [-0.05, 0) is 73.8 Å². The second-order valence-corrected chi connectivity index (χ2v) is 13.5. The number of benzene rings is 2. The summed E-state index contributed by atoms with van der Waals surface area (Å²) in [6, 6.07) is 13.4. The van der Waals surface area contributed by atoms with Crippen LogP contribution in [0.25, 0.3) is 0 Å². The molecule has 216 valence electrons. The number of ether oxygens (including phenoxy) is 1.